The van der Waals surface area contributed by atoms with Crippen molar-refractivity contribution in [1.29, 1.82) is 0 Å². The molecule has 1 aliphatic rings. The van der Waals surface area contributed by atoms with Gasteiger partial charge in [-0.25, -0.2) is 4.39 Å². The van der Waals surface area contributed by atoms with Crippen LogP contribution >= 0.6 is 0 Å². The van der Waals surface area contributed by atoms with Gasteiger partial charge in [-0.3, -0.25) is 0 Å². The van der Waals surface area contributed by atoms with Crippen molar-refractivity contribution in [1.82, 2.24) is 0 Å². The van der Waals surface area contributed by atoms with Crippen LogP contribution in [0.15, 0.2) is 24.3 Å². The van der Waals surface area contributed by atoms with E-state index in [9.17, 15) is 4.39 Å². The second-order valence-electron chi connectivity index (χ2n) is 3.73. The number of rotatable bonds is 1. The molecular formula is C10H12FNO. The molecule has 0 atom stereocenters. The molecule has 3 N–H and O–H groups in total. The van der Waals surface area contributed by atoms with Gasteiger partial charge in [-0.05, 0) is 30.5 Å². The van der Waals surface area contributed by atoms with Gasteiger partial charge in [-0.2, -0.15) is 0 Å². The molecule has 13 heavy (non-hydrogen) atoms. The van der Waals surface area contributed by atoms with Crippen LogP contribution in [0.1, 0.15) is 18.4 Å². The topological polar surface area (TPSA) is 46.2 Å². The molecule has 0 saturated heterocycles. The lowest BCUT2D eigenvalue weighted by atomic mass is 9.71. The Morgan fingerprint density at radius 1 is 1.46 bits per heavy atom. The first kappa shape index (κ1) is 8.66. The minimum atomic E-state index is -0.512. The Bertz CT molecular complexity index is 320. The van der Waals surface area contributed by atoms with Gasteiger partial charge in [0.25, 0.3) is 0 Å². The standard InChI is InChI=1S/C10H12FNO/c11-8-3-1-2-7(4-8)10(12)5-9(13)6-10/h1-4,9,13H,5-6,12H2. The molecule has 0 aromatic heterocycles. The van der Waals surface area contributed by atoms with Crippen LogP contribution in [0.25, 0.3) is 0 Å². The average molecular weight is 181 g/mol. The number of benzene rings is 1. The van der Waals surface area contributed by atoms with Crippen LogP contribution in [0.3, 0.4) is 0 Å². The van der Waals surface area contributed by atoms with Gasteiger partial charge in [0.2, 0.25) is 0 Å². The van der Waals surface area contributed by atoms with Crippen LogP contribution in [-0.4, -0.2) is 11.2 Å². The Kier molecular flexibility index (Phi) is 1.86. The highest BCUT2D eigenvalue weighted by Gasteiger charge is 2.41. The van der Waals surface area contributed by atoms with Crippen LogP contribution in [0.5, 0.6) is 0 Å². The summed E-state index contributed by atoms with van der Waals surface area (Å²) < 4.78 is 12.8. The Morgan fingerprint density at radius 2 is 2.15 bits per heavy atom. The molecule has 0 aliphatic heterocycles. The van der Waals surface area contributed by atoms with Gasteiger partial charge in [0.1, 0.15) is 5.82 Å². The van der Waals surface area contributed by atoms with Gasteiger partial charge in [0.15, 0.2) is 0 Å². The van der Waals surface area contributed by atoms with Crippen molar-refractivity contribution < 1.29 is 9.50 Å². The number of hydrogen-bond donors (Lipinski definition) is 2. The zero-order valence-electron chi connectivity index (χ0n) is 7.20. The summed E-state index contributed by atoms with van der Waals surface area (Å²) in [6, 6.07) is 6.27. The van der Waals surface area contributed by atoms with E-state index in [0.717, 1.165) is 5.56 Å². The molecule has 2 rings (SSSR count). The van der Waals surface area contributed by atoms with Crippen LogP contribution < -0.4 is 5.73 Å². The Hall–Kier alpha value is -0.930. The van der Waals surface area contributed by atoms with E-state index in [4.69, 9.17) is 10.8 Å². The third-order valence-corrected chi connectivity index (χ3v) is 2.60. The lowest BCUT2D eigenvalue weighted by Crippen LogP contribution is -2.51. The maximum Gasteiger partial charge on any atom is 0.123 e. The molecule has 3 heteroatoms. The fourth-order valence-corrected chi connectivity index (χ4v) is 1.82. The highest BCUT2D eigenvalue weighted by atomic mass is 19.1. The molecule has 0 bridgehead atoms. The summed E-state index contributed by atoms with van der Waals surface area (Å²) >= 11 is 0. The Balaban J connectivity index is 2.26. The van der Waals surface area contributed by atoms with Gasteiger partial charge in [-0.15, -0.1) is 0 Å². The second kappa shape index (κ2) is 2.79. The number of halogens is 1. The lowest BCUT2D eigenvalue weighted by molar-refractivity contribution is 0.0208. The van der Waals surface area contributed by atoms with E-state index >= 15 is 0 Å². The molecule has 70 valence electrons. The zero-order valence-corrected chi connectivity index (χ0v) is 7.20. The van der Waals surface area contributed by atoms with Crippen molar-refractivity contribution in [3.05, 3.63) is 35.6 Å². The zero-order chi connectivity index (χ0) is 9.47. The van der Waals surface area contributed by atoms with Gasteiger partial charge in [0.05, 0.1) is 6.10 Å². The summed E-state index contributed by atoms with van der Waals surface area (Å²) in [7, 11) is 0. The minimum absolute atomic E-state index is 0.274. The molecule has 0 amide bonds. The van der Waals surface area contributed by atoms with Crippen LogP contribution in [0.4, 0.5) is 4.39 Å². The second-order valence-corrected chi connectivity index (χ2v) is 3.73. The highest BCUT2D eigenvalue weighted by molar-refractivity contribution is 5.28. The van der Waals surface area contributed by atoms with Gasteiger partial charge < -0.3 is 10.8 Å². The van der Waals surface area contributed by atoms with Crippen molar-refractivity contribution in [2.45, 2.75) is 24.5 Å². The van der Waals surface area contributed by atoms with Crippen LogP contribution in [-0.2, 0) is 5.54 Å². The van der Waals surface area contributed by atoms with E-state index in [0.29, 0.717) is 12.8 Å². The van der Waals surface area contributed by atoms with E-state index in [1.165, 1.54) is 12.1 Å². The first-order chi connectivity index (χ1) is 6.10. The number of aliphatic hydroxyl groups is 1. The lowest BCUT2D eigenvalue weighted by Gasteiger charge is -2.42. The number of hydrogen-bond acceptors (Lipinski definition) is 2. The number of nitrogens with two attached hydrogens (primary N) is 1. The predicted molar refractivity (Wildman–Crippen MR) is 47.5 cm³/mol. The molecular weight excluding hydrogens is 169 g/mol. The monoisotopic (exact) mass is 181 g/mol. The van der Waals surface area contributed by atoms with Crippen molar-refractivity contribution >= 4 is 0 Å². The van der Waals surface area contributed by atoms with Gasteiger partial charge >= 0.3 is 0 Å². The van der Waals surface area contributed by atoms with Crippen molar-refractivity contribution in [3.63, 3.8) is 0 Å². The summed E-state index contributed by atoms with van der Waals surface area (Å²) in [5.41, 5.74) is 6.22. The van der Waals surface area contributed by atoms with Crippen molar-refractivity contribution in [2.24, 2.45) is 5.73 Å². The summed E-state index contributed by atoms with van der Waals surface area (Å²) in [6.07, 6.45) is 0.723. The van der Waals surface area contributed by atoms with Crippen molar-refractivity contribution in [2.75, 3.05) is 0 Å². The predicted octanol–water partition coefficient (Wildman–Crippen LogP) is 1.13. The maximum atomic E-state index is 12.8. The molecule has 0 unspecified atom stereocenters. The summed E-state index contributed by atoms with van der Waals surface area (Å²) in [6.45, 7) is 0. The van der Waals surface area contributed by atoms with E-state index < -0.39 is 5.54 Å². The third kappa shape index (κ3) is 1.45. The first-order valence-electron chi connectivity index (χ1n) is 4.33. The fourth-order valence-electron chi connectivity index (χ4n) is 1.82. The van der Waals surface area contributed by atoms with E-state index in [2.05, 4.69) is 0 Å². The van der Waals surface area contributed by atoms with Crippen LogP contribution in [0.2, 0.25) is 0 Å². The van der Waals surface area contributed by atoms with Gasteiger partial charge in [0, 0.05) is 5.54 Å². The molecule has 1 aromatic carbocycles. The smallest absolute Gasteiger partial charge is 0.123 e. The van der Waals surface area contributed by atoms with Gasteiger partial charge in [-0.1, -0.05) is 12.1 Å². The molecule has 1 aliphatic carbocycles. The third-order valence-electron chi connectivity index (χ3n) is 2.60. The average Bonchev–Trinajstić information content (AvgIpc) is 2.02. The summed E-state index contributed by atoms with van der Waals surface area (Å²) in [5.74, 6) is -0.274. The number of aliphatic hydroxyl groups excluding tert-OH is 1. The SMILES string of the molecule is NC1(c2cccc(F)c2)CC(O)C1. The molecule has 1 saturated carbocycles. The molecule has 0 spiro atoms. The van der Waals surface area contributed by atoms with Crippen molar-refractivity contribution in [3.8, 4) is 0 Å². The largest absolute Gasteiger partial charge is 0.393 e. The summed E-state index contributed by atoms with van der Waals surface area (Å²) in [5, 5.41) is 9.14. The fraction of sp³-hybridized carbons (Fsp3) is 0.400. The molecule has 2 nitrogen and oxygen atoms in total. The normalized spacial score (nSPS) is 32.7. The quantitative estimate of drug-likeness (QED) is 0.682. The van der Waals surface area contributed by atoms with E-state index in [1.54, 1.807) is 12.1 Å². The van der Waals surface area contributed by atoms with E-state index in [-0.39, 0.29) is 11.9 Å². The van der Waals surface area contributed by atoms with E-state index in [1.807, 2.05) is 0 Å². The highest BCUT2D eigenvalue weighted by Crippen LogP contribution is 2.38. The maximum absolute atomic E-state index is 12.8. The Labute approximate surface area is 76.2 Å². The molecule has 1 fully saturated rings. The Morgan fingerprint density at radius 3 is 2.69 bits per heavy atom. The molecule has 0 heterocycles. The van der Waals surface area contributed by atoms with Crippen LogP contribution in [0, 0.1) is 5.82 Å². The first-order valence-corrected chi connectivity index (χ1v) is 4.33. The summed E-state index contributed by atoms with van der Waals surface area (Å²) in [4.78, 5) is 0. The minimum Gasteiger partial charge on any atom is -0.393 e. The molecule has 0 radical (unpaired) electrons. The molecule has 1 aromatic rings.